The van der Waals surface area contributed by atoms with E-state index in [0.29, 0.717) is 5.92 Å². The van der Waals surface area contributed by atoms with Gasteiger partial charge in [-0.2, -0.15) is 0 Å². The fraction of sp³-hybridized carbons (Fsp3) is 0.448. The molecule has 0 fully saturated rings. The fourth-order valence-corrected chi connectivity index (χ4v) is 2.60. The van der Waals surface area contributed by atoms with Gasteiger partial charge in [0.15, 0.2) is 0 Å². The van der Waals surface area contributed by atoms with Gasteiger partial charge in [0.1, 0.15) is 0 Å². The number of rotatable bonds is 5. The molecule has 0 nitrogen and oxygen atoms in total. The fourth-order valence-electron chi connectivity index (χ4n) is 2.60. The van der Waals surface area contributed by atoms with Crippen LogP contribution in [0.4, 0.5) is 0 Å². The van der Waals surface area contributed by atoms with Crippen molar-refractivity contribution in [3.05, 3.63) is 83.4 Å². The van der Waals surface area contributed by atoms with E-state index in [9.17, 15) is 0 Å². The van der Waals surface area contributed by atoms with Crippen LogP contribution in [0, 0.1) is 5.92 Å². The largest absolute Gasteiger partial charge is 0.0949 e. The van der Waals surface area contributed by atoms with Crippen molar-refractivity contribution in [3.8, 4) is 0 Å². The van der Waals surface area contributed by atoms with Crippen LogP contribution < -0.4 is 0 Å². The van der Waals surface area contributed by atoms with Crippen molar-refractivity contribution in [2.75, 3.05) is 0 Å². The van der Waals surface area contributed by atoms with Gasteiger partial charge in [-0.3, -0.25) is 0 Å². The topological polar surface area (TPSA) is 0 Å². The van der Waals surface area contributed by atoms with Crippen molar-refractivity contribution >= 4 is 11.6 Å². The predicted molar refractivity (Wildman–Crippen MR) is 138 cm³/mol. The lowest BCUT2D eigenvalue weighted by Crippen LogP contribution is -2.10. The SMILES string of the molecule is C.C=C(Cc1ccc(C(C)(C)C)cc1)c1ccc(/C=C/C(C)C)cc1.CC.CC. The second-order valence-corrected chi connectivity index (χ2v) is 7.95. The molecule has 0 heteroatoms. The standard InChI is InChI=1S/C24H30.2C2H6.CH4/c1-18(2)7-8-20-9-13-22(14-10-20)19(3)17-21-11-15-23(16-12-21)24(4,5)6;2*1-2;/h7-16,18H,3,17H2,1-2,4-6H3;2*1-2H3;1H4/b8-7+;;;. The summed E-state index contributed by atoms with van der Waals surface area (Å²) in [6.45, 7) is 23.4. The van der Waals surface area contributed by atoms with E-state index >= 15 is 0 Å². The first-order chi connectivity index (χ1) is 13.3. The summed E-state index contributed by atoms with van der Waals surface area (Å²) >= 11 is 0. The molecule has 0 N–H and O–H groups in total. The highest BCUT2D eigenvalue weighted by Gasteiger charge is 2.12. The minimum Gasteiger partial charge on any atom is -0.0949 e. The van der Waals surface area contributed by atoms with Crippen molar-refractivity contribution in [1.82, 2.24) is 0 Å². The molecule has 0 saturated carbocycles. The van der Waals surface area contributed by atoms with Crippen molar-refractivity contribution in [2.24, 2.45) is 5.92 Å². The van der Waals surface area contributed by atoms with Crippen molar-refractivity contribution in [1.29, 1.82) is 0 Å². The van der Waals surface area contributed by atoms with Crippen LogP contribution in [-0.2, 0) is 11.8 Å². The molecule has 2 rings (SSSR count). The summed E-state index contributed by atoms with van der Waals surface area (Å²) in [5.41, 5.74) is 6.52. The molecule has 29 heavy (non-hydrogen) atoms. The molecule has 0 amide bonds. The molecule has 0 aliphatic rings. The zero-order chi connectivity index (χ0) is 21.7. The van der Waals surface area contributed by atoms with Gasteiger partial charge in [0.2, 0.25) is 0 Å². The third-order valence-electron chi connectivity index (χ3n) is 4.23. The summed E-state index contributed by atoms with van der Waals surface area (Å²) in [6.07, 6.45) is 5.30. The maximum absolute atomic E-state index is 4.28. The Morgan fingerprint density at radius 1 is 0.862 bits per heavy atom. The zero-order valence-corrected chi connectivity index (χ0v) is 19.8. The number of hydrogen-bond acceptors (Lipinski definition) is 0. The molecule has 0 unspecified atom stereocenters. The quantitative estimate of drug-likeness (QED) is 0.473. The molecule has 0 aliphatic heterocycles. The van der Waals surface area contributed by atoms with Gasteiger partial charge in [-0.15, -0.1) is 0 Å². The van der Waals surface area contributed by atoms with Crippen LogP contribution in [0.25, 0.3) is 11.6 Å². The second kappa shape index (κ2) is 14.9. The van der Waals surface area contributed by atoms with Crippen LogP contribution in [0.1, 0.15) is 92.0 Å². The lowest BCUT2D eigenvalue weighted by atomic mass is 9.86. The summed E-state index contributed by atoms with van der Waals surface area (Å²) < 4.78 is 0. The maximum Gasteiger partial charge on any atom is -0.00257 e. The van der Waals surface area contributed by atoms with Crippen LogP contribution in [0.15, 0.2) is 61.2 Å². The van der Waals surface area contributed by atoms with Gasteiger partial charge in [-0.1, -0.05) is 137 Å². The molecule has 0 aromatic heterocycles. The van der Waals surface area contributed by atoms with Crippen LogP contribution in [0.2, 0.25) is 0 Å². The van der Waals surface area contributed by atoms with Crippen molar-refractivity contribution in [2.45, 2.75) is 81.6 Å². The lowest BCUT2D eigenvalue weighted by molar-refractivity contribution is 0.590. The van der Waals surface area contributed by atoms with Gasteiger partial charge >= 0.3 is 0 Å². The number of allylic oxidation sites excluding steroid dienone is 2. The van der Waals surface area contributed by atoms with Gasteiger partial charge in [-0.25, -0.2) is 0 Å². The third-order valence-corrected chi connectivity index (χ3v) is 4.23. The molecular weight excluding hydrogens is 348 g/mol. The van der Waals surface area contributed by atoms with E-state index in [1.54, 1.807) is 0 Å². The van der Waals surface area contributed by atoms with E-state index in [1.165, 1.54) is 22.3 Å². The van der Waals surface area contributed by atoms with Crippen LogP contribution in [0.5, 0.6) is 0 Å². The summed E-state index contributed by atoms with van der Waals surface area (Å²) in [6, 6.07) is 17.6. The molecule has 0 spiro atoms. The van der Waals surface area contributed by atoms with E-state index in [0.717, 1.165) is 12.0 Å². The number of hydrogen-bond donors (Lipinski definition) is 0. The molecule has 0 heterocycles. The lowest BCUT2D eigenvalue weighted by Gasteiger charge is -2.19. The van der Waals surface area contributed by atoms with Gasteiger partial charge < -0.3 is 0 Å². The van der Waals surface area contributed by atoms with Gasteiger partial charge in [0.25, 0.3) is 0 Å². The monoisotopic (exact) mass is 394 g/mol. The third kappa shape index (κ3) is 10.9. The Bertz CT molecular complexity index is 689. The first-order valence-corrected chi connectivity index (χ1v) is 10.8. The molecule has 0 radical (unpaired) electrons. The normalized spacial score (nSPS) is 10.4. The van der Waals surface area contributed by atoms with Crippen molar-refractivity contribution in [3.63, 3.8) is 0 Å². The van der Waals surface area contributed by atoms with Crippen LogP contribution in [-0.4, -0.2) is 0 Å². The van der Waals surface area contributed by atoms with Gasteiger partial charge in [0.05, 0.1) is 0 Å². The van der Waals surface area contributed by atoms with E-state index in [-0.39, 0.29) is 12.8 Å². The Balaban J connectivity index is 0. The smallest absolute Gasteiger partial charge is 0.00257 e. The molecule has 2 aromatic rings. The molecular formula is C29H46. The maximum atomic E-state index is 4.28. The highest BCUT2D eigenvalue weighted by Crippen LogP contribution is 2.24. The molecule has 0 saturated heterocycles. The average Bonchev–Trinajstić information content (AvgIpc) is 2.69. The molecule has 0 bridgehead atoms. The summed E-state index contributed by atoms with van der Waals surface area (Å²) in [5, 5.41) is 0. The Kier molecular flexibility index (Phi) is 14.9. The minimum absolute atomic E-state index is 0. The Hall–Kier alpha value is -2.08. The van der Waals surface area contributed by atoms with Crippen LogP contribution in [0.3, 0.4) is 0 Å². The van der Waals surface area contributed by atoms with E-state index < -0.39 is 0 Å². The first-order valence-electron chi connectivity index (χ1n) is 10.8. The summed E-state index contributed by atoms with van der Waals surface area (Å²) in [4.78, 5) is 0. The minimum atomic E-state index is 0. The average molecular weight is 395 g/mol. The highest BCUT2D eigenvalue weighted by atomic mass is 14.2. The Morgan fingerprint density at radius 2 is 1.34 bits per heavy atom. The number of benzene rings is 2. The highest BCUT2D eigenvalue weighted by molar-refractivity contribution is 5.67. The second-order valence-electron chi connectivity index (χ2n) is 7.95. The van der Waals surface area contributed by atoms with Gasteiger partial charge in [-0.05, 0) is 45.6 Å². The molecule has 2 aromatic carbocycles. The predicted octanol–water partition coefficient (Wildman–Crippen LogP) is 9.60. The van der Waals surface area contributed by atoms with E-state index in [2.05, 4.69) is 102 Å². The molecule has 162 valence electrons. The van der Waals surface area contributed by atoms with Crippen molar-refractivity contribution < 1.29 is 0 Å². The van der Waals surface area contributed by atoms with Crippen LogP contribution >= 0.6 is 0 Å². The summed E-state index contributed by atoms with van der Waals surface area (Å²) in [7, 11) is 0. The molecule has 0 atom stereocenters. The zero-order valence-electron chi connectivity index (χ0n) is 19.8. The Labute approximate surface area is 182 Å². The van der Waals surface area contributed by atoms with E-state index in [4.69, 9.17) is 0 Å². The summed E-state index contributed by atoms with van der Waals surface area (Å²) in [5.74, 6) is 0.579. The molecule has 0 aliphatic carbocycles. The van der Waals surface area contributed by atoms with E-state index in [1.807, 2.05) is 27.7 Å². The first kappa shape index (κ1) is 29.1. The Morgan fingerprint density at radius 3 is 1.76 bits per heavy atom. The van der Waals surface area contributed by atoms with Gasteiger partial charge in [0, 0.05) is 0 Å².